The number of hydrogen-bond donors (Lipinski definition) is 0. The highest BCUT2D eigenvalue weighted by Crippen LogP contribution is 2.14. The zero-order valence-corrected chi connectivity index (χ0v) is 37.5. The van der Waals surface area contributed by atoms with Gasteiger partial charge < -0.3 is 28.6 Å². The second kappa shape index (κ2) is 40.1. The molecule has 0 amide bonds. The van der Waals surface area contributed by atoms with Crippen molar-refractivity contribution in [3.8, 4) is 0 Å². The van der Waals surface area contributed by atoms with E-state index in [0.29, 0.717) is 12.8 Å². The lowest BCUT2D eigenvalue weighted by atomic mass is 10.0. The summed E-state index contributed by atoms with van der Waals surface area (Å²) < 4.78 is 17.2. The van der Waals surface area contributed by atoms with Crippen LogP contribution in [0.2, 0.25) is 0 Å². The monoisotopic (exact) mass is 802 g/mol. The zero-order chi connectivity index (χ0) is 42.1. The smallest absolute Gasteiger partial charge is 0.306 e. The highest BCUT2D eigenvalue weighted by Gasteiger charge is 2.25. The summed E-state index contributed by atoms with van der Waals surface area (Å²) in [4.78, 5) is 36.9. The first kappa shape index (κ1) is 54.3. The van der Waals surface area contributed by atoms with Gasteiger partial charge in [-0.2, -0.15) is 0 Å². The normalized spacial score (nSPS) is 13.4. The molecule has 0 aromatic carbocycles. The van der Waals surface area contributed by atoms with Gasteiger partial charge >= 0.3 is 11.9 Å². The van der Waals surface area contributed by atoms with E-state index in [9.17, 15) is 19.5 Å². The van der Waals surface area contributed by atoms with Crippen LogP contribution in [0.4, 0.5) is 0 Å². The van der Waals surface area contributed by atoms with Gasteiger partial charge in [0.25, 0.3) is 0 Å². The number of hydrogen-bond acceptors (Lipinski definition) is 7. The first-order valence-corrected chi connectivity index (χ1v) is 23.2. The van der Waals surface area contributed by atoms with E-state index in [0.717, 1.165) is 70.6 Å². The predicted molar refractivity (Wildman–Crippen MR) is 236 cm³/mol. The van der Waals surface area contributed by atoms with Crippen molar-refractivity contribution in [2.75, 3.05) is 41.0 Å². The molecule has 330 valence electrons. The van der Waals surface area contributed by atoms with Crippen molar-refractivity contribution >= 4 is 17.9 Å². The van der Waals surface area contributed by atoms with Gasteiger partial charge in [0, 0.05) is 19.3 Å². The fourth-order valence-corrected chi connectivity index (χ4v) is 6.61. The van der Waals surface area contributed by atoms with Crippen LogP contribution >= 0.6 is 0 Å². The summed E-state index contributed by atoms with van der Waals surface area (Å²) >= 11 is 0. The van der Waals surface area contributed by atoms with Gasteiger partial charge in [0.1, 0.15) is 12.6 Å². The van der Waals surface area contributed by atoms with Crippen LogP contribution in [-0.2, 0) is 28.6 Å². The van der Waals surface area contributed by atoms with Gasteiger partial charge in [-0.05, 0) is 70.6 Å². The van der Waals surface area contributed by atoms with Gasteiger partial charge in [0.2, 0.25) is 0 Å². The van der Waals surface area contributed by atoms with Gasteiger partial charge in [-0.1, -0.05) is 152 Å². The number of likely N-dealkylation sites (N-methyl/N-ethyl adjacent to an activating group) is 1. The Morgan fingerprint density at radius 1 is 0.544 bits per heavy atom. The molecule has 0 aliphatic heterocycles. The average molecular weight is 802 g/mol. The number of allylic oxidation sites excluding steroid dienone is 8. The molecule has 0 radical (unpaired) electrons. The van der Waals surface area contributed by atoms with E-state index in [1.165, 1.54) is 89.9 Å². The van der Waals surface area contributed by atoms with Crippen LogP contribution in [0.25, 0.3) is 0 Å². The van der Waals surface area contributed by atoms with Crippen molar-refractivity contribution < 1.29 is 38.2 Å². The quantitative estimate of drug-likeness (QED) is 0.0262. The Bertz CT molecular complexity index is 1070. The fraction of sp³-hybridized carbons (Fsp3) is 0.776. The van der Waals surface area contributed by atoms with Crippen LogP contribution in [0.5, 0.6) is 0 Å². The zero-order valence-electron chi connectivity index (χ0n) is 37.5. The number of esters is 2. The number of carbonyl (C=O) groups excluding carboxylic acids is 3. The van der Waals surface area contributed by atoms with Crippen LogP contribution in [0.1, 0.15) is 194 Å². The van der Waals surface area contributed by atoms with Crippen LogP contribution in [-0.4, -0.2) is 75.5 Å². The van der Waals surface area contributed by atoms with Gasteiger partial charge in [-0.15, -0.1) is 0 Å². The topological polar surface area (TPSA) is 102 Å². The van der Waals surface area contributed by atoms with Gasteiger partial charge in [-0.3, -0.25) is 9.59 Å². The fourth-order valence-electron chi connectivity index (χ4n) is 6.61. The summed E-state index contributed by atoms with van der Waals surface area (Å²) in [5.41, 5.74) is 0. The molecule has 2 unspecified atom stereocenters. The standard InChI is InChI=1S/C49H87NO7/c1-6-8-10-12-14-16-18-20-21-22-23-24-25-26-28-30-32-34-36-38-40-48(52)57-45(43-55-42-41-46(49(53)54)50(3,4)5)44-56-47(51)39-37-35-33-31-29-27-19-17-15-13-11-9-7-2/h8,10,14,16,20-21,27,29,45-46H,6-7,9,11-13,15,17-19,22-26,28,30-44H2,1-5H3/b10-8+,16-14+,21-20+,29-27+. The summed E-state index contributed by atoms with van der Waals surface area (Å²) in [5.74, 6) is -1.76. The van der Waals surface area contributed by atoms with Crippen molar-refractivity contribution in [3.63, 3.8) is 0 Å². The SMILES string of the molecule is CC/C=C/C/C=C/C/C=C/CCCCCCCCCCCCC(=O)OC(COCCC(C(=O)[O-])[N+](C)(C)C)COC(=O)CCCCC/C=C/CCCCCCCC. The van der Waals surface area contributed by atoms with E-state index in [1.54, 1.807) is 21.1 Å². The maximum absolute atomic E-state index is 12.7. The average Bonchev–Trinajstić information content (AvgIpc) is 3.17. The summed E-state index contributed by atoms with van der Waals surface area (Å²) in [7, 11) is 5.40. The second-order valence-corrected chi connectivity index (χ2v) is 16.6. The molecule has 0 saturated carbocycles. The Hall–Kier alpha value is -2.71. The number of ether oxygens (including phenoxy) is 3. The highest BCUT2D eigenvalue weighted by atomic mass is 16.6. The summed E-state index contributed by atoms with van der Waals surface area (Å²) in [5, 5.41) is 11.6. The minimum atomic E-state index is -1.13. The Balaban J connectivity index is 4.30. The van der Waals surface area contributed by atoms with Crippen LogP contribution < -0.4 is 5.11 Å². The van der Waals surface area contributed by atoms with E-state index >= 15 is 0 Å². The molecule has 0 fully saturated rings. The molecule has 0 rings (SSSR count). The molecule has 0 saturated heterocycles. The number of quaternary nitrogens is 1. The van der Waals surface area contributed by atoms with Crippen LogP contribution in [0, 0.1) is 0 Å². The Labute approximate surface area is 350 Å². The number of nitrogens with zero attached hydrogens (tertiary/aromatic N) is 1. The number of unbranched alkanes of at least 4 members (excludes halogenated alkanes) is 19. The molecule has 0 aromatic heterocycles. The summed E-state index contributed by atoms with van der Waals surface area (Å²) in [6.45, 7) is 4.53. The van der Waals surface area contributed by atoms with E-state index in [2.05, 4.69) is 62.5 Å². The lowest BCUT2D eigenvalue weighted by Gasteiger charge is -2.34. The Kier molecular flexibility index (Phi) is 38.2. The highest BCUT2D eigenvalue weighted by molar-refractivity contribution is 5.70. The van der Waals surface area contributed by atoms with Crippen molar-refractivity contribution in [2.45, 2.75) is 206 Å². The van der Waals surface area contributed by atoms with Gasteiger partial charge in [0.05, 0.1) is 40.3 Å². The van der Waals surface area contributed by atoms with E-state index in [-0.39, 0.29) is 42.7 Å². The third kappa shape index (κ3) is 38.6. The Morgan fingerprint density at radius 2 is 0.982 bits per heavy atom. The van der Waals surface area contributed by atoms with Gasteiger partial charge in [0.15, 0.2) is 6.10 Å². The van der Waals surface area contributed by atoms with Crippen LogP contribution in [0.3, 0.4) is 0 Å². The van der Waals surface area contributed by atoms with Crippen molar-refractivity contribution in [1.29, 1.82) is 0 Å². The van der Waals surface area contributed by atoms with Crippen molar-refractivity contribution in [2.24, 2.45) is 0 Å². The predicted octanol–water partition coefficient (Wildman–Crippen LogP) is 11.5. The third-order valence-corrected chi connectivity index (χ3v) is 10.2. The van der Waals surface area contributed by atoms with Crippen LogP contribution in [0.15, 0.2) is 48.6 Å². The first-order valence-electron chi connectivity index (χ1n) is 23.2. The molecule has 0 aliphatic carbocycles. The number of carboxylic acids is 1. The molecule has 0 aromatic rings. The molecular formula is C49H87NO7. The summed E-state index contributed by atoms with van der Waals surface area (Å²) in [6.07, 6.45) is 47.1. The van der Waals surface area contributed by atoms with E-state index in [4.69, 9.17) is 14.2 Å². The molecule has 0 spiro atoms. The minimum Gasteiger partial charge on any atom is -0.544 e. The lowest BCUT2D eigenvalue weighted by molar-refractivity contribution is -0.889. The minimum absolute atomic E-state index is 0.0345. The molecule has 0 N–H and O–H groups in total. The van der Waals surface area contributed by atoms with E-state index in [1.807, 2.05) is 0 Å². The molecule has 57 heavy (non-hydrogen) atoms. The molecule has 0 heterocycles. The number of aliphatic carboxylic acids is 1. The summed E-state index contributed by atoms with van der Waals surface area (Å²) in [6, 6.07) is -0.728. The largest absolute Gasteiger partial charge is 0.544 e. The molecule has 0 aliphatic rings. The third-order valence-electron chi connectivity index (χ3n) is 10.2. The molecule has 8 heteroatoms. The Morgan fingerprint density at radius 3 is 1.49 bits per heavy atom. The molecule has 0 bridgehead atoms. The lowest BCUT2D eigenvalue weighted by Crippen LogP contribution is -2.55. The second-order valence-electron chi connectivity index (χ2n) is 16.6. The molecular weight excluding hydrogens is 715 g/mol. The first-order chi connectivity index (χ1) is 27.6. The van der Waals surface area contributed by atoms with Gasteiger partial charge in [-0.25, -0.2) is 0 Å². The van der Waals surface area contributed by atoms with Crippen molar-refractivity contribution in [1.82, 2.24) is 0 Å². The van der Waals surface area contributed by atoms with Crippen molar-refractivity contribution in [3.05, 3.63) is 48.6 Å². The maximum Gasteiger partial charge on any atom is 0.306 e. The molecule has 2 atom stereocenters. The van der Waals surface area contributed by atoms with E-state index < -0.39 is 18.1 Å². The number of rotatable bonds is 41. The maximum atomic E-state index is 12.7. The molecule has 8 nitrogen and oxygen atoms in total. The number of carboxylic acid groups (broad SMARTS) is 1. The number of carbonyl (C=O) groups is 3.